The molecule has 6 heteroatoms. The lowest BCUT2D eigenvalue weighted by Gasteiger charge is -2.17. The quantitative estimate of drug-likeness (QED) is 0.827. The summed E-state index contributed by atoms with van der Waals surface area (Å²) in [5, 5.41) is 2.87. The number of amides is 2. The molecule has 2 unspecified atom stereocenters. The second-order valence-electron chi connectivity index (χ2n) is 6.22. The molecule has 5 nitrogen and oxygen atoms in total. The maximum absolute atomic E-state index is 12.1. The average molecular weight is 340 g/mol. The third kappa shape index (κ3) is 5.84. The first kappa shape index (κ1) is 19.5. The largest absolute Gasteiger partial charge is 0.356 e. The molecule has 1 saturated heterocycles. The van der Waals surface area contributed by atoms with Crippen LogP contribution < -0.4 is 11.1 Å². The van der Waals surface area contributed by atoms with Gasteiger partial charge in [-0.3, -0.25) is 9.59 Å². The number of rotatable bonds is 6. The van der Waals surface area contributed by atoms with Crippen molar-refractivity contribution >= 4 is 24.2 Å². The van der Waals surface area contributed by atoms with Crippen LogP contribution in [0.25, 0.3) is 0 Å². The van der Waals surface area contributed by atoms with Crippen molar-refractivity contribution in [3.05, 3.63) is 35.4 Å². The summed E-state index contributed by atoms with van der Waals surface area (Å²) in [6.07, 6.45) is 1.05. The Morgan fingerprint density at radius 2 is 2.04 bits per heavy atom. The van der Waals surface area contributed by atoms with E-state index in [2.05, 4.69) is 5.32 Å². The van der Waals surface area contributed by atoms with Crippen LogP contribution in [0.3, 0.4) is 0 Å². The number of likely N-dealkylation sites (tertiary alicyclic amines) is 1. The molecule has 23 heavy (non-hydrogen) atoms. The van der Waals surface area contributed by atoms with Crippen molar-refractivity contribution < 1.29 is 9.59 Å². The molecule has 1 aliphatic heterocycles. The highest BCUT2D eigenvalue weighted by atomic mass is 35.5. The summed E-state index contributed by atoms with van der Waals surface area (Å²) in [6.45, 7) is 5.58. The summed E-state index contributed by atoms with van der Waals surface area (Å²) in [6, 6.07) is 8.20. The molecule has 1 heterocycles. The maximum atomic E-state index is 12.1. The Balaban J connectivity index is 0.00000264. The number of carbonyl (C=O) groups is 2. The van der Waals surface area contributed by atoms with Gasteiger partial charge in [0, 0.05) is 32.1 Å². The average Bonchev–Trinajstić information content (AvgIpc) is 2.82. The normalized spacial score (nSPS) is 18.5. The van der Waals surface area contributed by atoms with E-state index < -0.39 is 0 Å². The number of hydrogen-bond acceptors (Lipinski definition) is 3. The predicted octanol–water partition coefficient (Wildman–Crippen LogP) is 1.62. The smallest absolute Gasteiger partial charge is 0.225 e. The van der Waals surface area contributed by atoms with Gasteiger partial charge in [-0.05, 0) is 25.8 Å². The van der Waals surface area contributed by atoms with E-state index in [1.807, 2.05) is 38.1 Å². The van der Waals surface area contributed by atoms with Gasteiger partial charge in [0.05, 0.1) is 5.92 Å². The van der Waals surface area contributed by atoms with Crippen molar-refractivity contribution in [3.8, 4) is 0 Å². The number of hydrogen-bond donors (Lipinski definition) is 2. The van der Waals surface area contributed by atoms with Crippen LogP contribution >= 0.6 is 12.4 Å². The summed E-state index contributed by atoms with van der Waals surface area (Å²) < 4.78 is 0. The molecule has 0 radical (unpaired) electrons. The first-order valence-electron chi connectivity index (χ1n) is 7.82. The SMILES string of the molecule is Cc1ccc(CN2CC(C(=O)NCCC(C)N)CC2=O)cc1.Cl. The van der Waals surface area contributed by atoms with Crippen LogP contribution in [0.1, 0.15) is 30.9 Å². The minimum Gasteiger partial charge on any atom is -0.356 e. The van der Waals surface area contributed by atoms with Crippen LogP contribution in [0.2, 0.25) is 0 Å². The molecule has 1 aromatic rings. The Morgan fingerprint density at radius 3 is 2.65 bits per heavy atom. The van der Waals surface area contributed by atoms with Crippen molar-refractivity contribution in [3.63, 3.8) is 0 Å². The Hall–Kier alpha value is -1.59. The number of carbonyl (C=O) groups excluding carboxylic acids is 2. The minimum atomic E-state index is -0.244. The lowest BCUT2D eigenvalue weighted by molar-refractivity contribution is -0.129. The number of benzene rings is 1. The molecule has 2 atom stereocenters. The molecule has 0 spiro atoms. The van der Waals surface area contributed by atoms with Crippen molar-refractivity contribution in [1.29, 1.82) is 0 Å². The fourth-order valence-corrected chi connectivity index (χ4v) is 2.58. The molecule has 128 valence electrons. The number of nitrogens with one attached hydrogen (secondary N) is 1. The highest BCUT2D eigenvalue weighted by Gasteiger charge is 2.33. The molecule has 2 rings (SSSR count). The molecular formula is C17H26ClN3O2. The predicted molar refractivity (Wildman–Crippen MR) is 93.2 cm³/mol. The van der Waals surface area contributed by atoms with Gasteiger partial charge in [-0.1, -0.05) is 29.8 Å². The number of aryl methyl sites for hydroxylation is 1. The third-order valence-corrected chi connectivity index (χ3v) is 3.98. The van der Waals surface area contributed by atoms with E-state index in [0.717, 1.165) is 12.0 Å². The number of nitrogens with zero attached hydrogens (tertiary/aromatic N) is 1. The molecule has 1 aromatic carbocycles. The fraction of sp³-hybridized carbons (Fsp3) is 0.529. The first-order valence-corrected chi connectivity index (χ1v) is 7.82. The van der Waals surface area contributed by atoms with E-state index in [1.54, 1.807) is 4.90 Å². The minimum absolute atomic E-state index is 0. The van der Waals surface area contributed by atoms with Crippen LogP contribution in [0.15, 0.2) is 24.3 Å². The van der Waals surface area contributed by atoms with E-state index in [0.29, 0.717) is 26.1 Å². The van der Waals surface area contributed by atoms with Gasteiger partial charge >= 0.3 is 0 Å². The van der Waals surface area contributed by atoms with Crippen molar-refractivity contribution in [2.75, 3.05) is 13.1 Å². The van der Waals surface area contributed by atoms with Gasteiger partial charge in [-0.2, -0.15) is 0 Å². The summed E-state index contributed by atoms with van der Waals surface area (Å²) in [4.78, 5) is 25.9. The monoisotopic (exact) mass is 339 g/mol. The van der Waals surface area contributed by atoms with Crippen LogP contribution in [-0.2, 0) is 16.1 Å². The van der Waals surface area contributed by atoms with Gasteiger partial charge in [-0.15, -0.1) is 12.4 Å². The zero-order chi connectivity index (χ0) is 16.1. The van der Waals surface area contributed by atoms with E-state index in [-0.39, 0.29) is 36.2 Å². The molecule has 0 saturated carbocycles. The topological polar surface area (TPSA) is 75.4 Å². The van der Waals surface area contributed by atoms with Crippen molar-refractivity contribution in [1.82, 2.24) is 10.2 Å². The summed E-state index contributed by atoms with van der Waals surface area (Å²) in [5.74, 6) is -0.237. The zero-order valence-electron chi connectivity index (χ0n) is 13.7. The van der Waals surface area contributed by atoms with Gasteiger partial charge in [0.25, 0.3) is 0 Å². The van der Waals surface area contributed by atoms with E-state index in [9.17, 15) is 9.59 Å². The van der Waals surface area contributed by atoms with Gasteiger partial charge in [0.15, 0.2) is 0 Å². The summed E-state index contributed by atoms with van der Waals surface area (Å²) in [5.41, 5.74) is 7.95. The first-order chi connectivity index (χ1) is 10.5. The lowest BCUT2D eigenvalue weighted by Crippen LogP contribution is -2.35. The van der Waals surface area contributed by atoms with E-state index in [1.165, 1.54) is 5.56 Å². The van der Waals surface area contributed by atoms with Crippen LogP contribution in [0.4, 0.5) is 0 Å². The van der Waals surface area contributed by atoms with Gasteiger partial charge in [-0.25, -0.2) is 0 Å². The molecule has 1 aliphatic rings. The highest BCUT2D eigenvalue weighted by Crippen LogP contribution is 2.20. The summed E-state index contributed by atoms with van der Waals surface area (Å²) in [7, 11) is 0. The van der Waals surface area contributed by atoms with Crippen LogP contribution in [0, 0.1) is 12.8 Å². The number of halogens is 1. The molecule has 3 N–H and O–H groups in total. The summed E-state index contributed by atoms with van der Waals surface area (Å²) >= 11 is 0. The van der Waals surface area contributed by atoms with Crippen LogP contribution in [0.5, 0.6) is 0 Å². The molecule has 0 aliphatic carbocycles. The Bertz CT molecular complexity index is 531. The van der Waals surface area contributed by atoms with Gasteiger partial charge in [0.2, 0.25) is 11.8 Å². The van der Waals surface area contributed by atoms with Crippen molar-refractivity contribution in [2.24, 2.45) is 11.7 Å². The maximum Gasteiger partial charge on any atom is 0.225 e. The third-order valence-electron chi connectivity index (χ3n) is 3.98. The molecular weight excluding hydrogens is 314 g/mol. The van der Waals surface area contributed by atoms with Gasteiger partial charge in [0.1, 0.15) is 0 Å². The molecule has 2 amide bonds. The fourth-order valence-electron chi connectivity index (χ4n) is 2.58. The van der Waals surface area contributed by atoms with Gasteiger partial charge < -0.3 is 16.0 Å². The number of nitrogens with two attached hydrogens (primary N) is 1. The standard InChI is InChI=1S/C17H25N3O2.ClH/c1-12-3-5-14(6-4-12)10-20-11-15(9-16(20)21)17(22)19-8-7-13(2)18;/h3-6,13,15H,7-11,18H2,1-2H3,(H,19,22);1H. The molecule has 1 fully saturated rings. The van der Waals surface area contributed by atoms with E-state index >= 15 is 0 Å². The highest BCUT2D eigenvalue weighted by molar-refractivity contribution is 5.89. The second kappa shape index (κ2) is 8.89. The molecule has 0 aromatic heterocycles. The van der Waals surface area contributed by atoms with Crippen LogP contribution in [-0.4, -0.2) is 35.8 Å². The van der Waals surface area contributed by atoms with Crippen molar-refractivity contribution in [2.45, 2.75) is 39.3 Å². The Labute approximate surface area is 144 Å². The van der Waals surface area contributed by atoms with E-state index in [4.69, 9.17) is 5.73 Å². The Kier molecular flexibility index (Phi) is 7.52. The Morgan fingerprint density at radius 1 is 1.39 bits per heavy atom. The second-order valence-corrected chi connectivity index (χ2v) is 6.22. The zero-order valence-corrected chi connectivity index (χ0v) is 14.6. The lowest BCUT2D eigenvalue weighted by atomic mass is 10.1. The molecule has 0 bridgehead atoms.